The van der Waals surface area contributed by atoms with E-state index in [2.05, 4.69) is 26.0 Å². The minimum atomic E-state index is -0.496. The third kappa shape index (κ3) is 4.32. The Morgan fingerprint density at radius 2 is 1.84 bits per heavy atom. The van der Waals surface area contributed by atoms with Gasteiger partial charge >= 0.3 is 0 Å². The van der Waals surface area contributed by atoms with E-state index >= 15 is 0 Å². The van der Waals surface area contributed by atoms with E-state index in [1.807, 2.05) is 6.07 Å². The quantitative estimate of drug-likeness (QED) is 0.829. The van der Waals surface area contributed by atoms with Gasteiger partial charge in [-0.3, -0.25) is 0 Å². The van der Waals surface area contributed by atoms with Crippen molar-refractivity contribution in [2.75, 3.05) is 6.61 Å². The van der Waals surface area contributed by atoms with Gasteiger partial charge in [0.25, 0.3) is 0 Å². The number of aryl methyl sites for hydroxylation is 2. The standard InChI is InChI=1S/C17H26O2/c1-13-9-10-16(14(2)11-13)17(18)12-19-15-7-5-3-4-6-8-15/h9-11,15,17-18H,3-8,12H2,1-2H3. The van der Waals surface area contributed by atoms with Crippen LogP contribution in [0.5, 0.6) is 0 Å². The molecule has 1 aliphatic carbocycles. The Balaban J connectivity index is 1.87. The summed E-state index contributed by atoms with van der Waals surface area (Å²) in [6, 6.07) is 6.19. The molecule has 1 unspecified atom stereocenters. The van der Waals surface area contributed by atoms with Crippen LogP contribution in [0.15, 0.2) is 18.2 Å². The summed E-state index contributed by atoms with van der Waals surface area (Å²) in [5.41, 5.74) is 3.38. The first-order valence-corrected chi connectivity index (χ1v) is 7.53. The molecule has 0 amide bonds. The molecule has 0 spiro atoms. The lowest BCUT2D eigenvalue weighted by Gasteiger charge is -2.19. The fourth-order valence-corrected chi connectivity index (χ4v) is 2.93. The van der Waals surface area contributed by atoms with Crippen LogP contribution in [0.25, 0.3) is 0 Å². The Kier molecular flexibility index (Phi) is 5.41. The lowest BCUT2D eigenvalue weighted by Crippen LogP contribution is -2.17. The Hall–Kier alpha value is -0.860. The Bertz CT molecular complexity index is 392. The highest BCUT2D eigenvalue weighted by Gasteiger charge is 2.16. The molecule has 1 N–H and O–H groups in total. The molecular weight excluding hydrogens is 236 g/mol. The van der Waals surface area contributed by atoms with Crippen LogP contribution in [-0.2, 0) is 4.74 Å². The summed E-state index contributed by atoms with van der Waals surface area (Å²) in [4.78, 5) is 0. The average Bonchev–Trinajstić information content (AvgIpc) is 2.64. The van der Waals surface area contributed by atoms with E-state index in [1.54, 1.807) is 0 Å². The van der Waals surface area contributed by atoms with Crippen LogP contribution in [0, 0.1) is 13.8 Å². The third-order valence-corrected chi connectivity index (χ3v) is 4.08. The second-order valence-electron chi connectivity index (χ2n) is 5.82. The molecule has 2 rings (SSSR count). The van der Waals surface area contributed by atoms with Crippen LogP contribution in [0.1, 0.15) is 61.3 Å². The van der Waals surface area contributed by atoms with Crippen molar-refractivity contribution in [3.63, 3.8) is 0 Å². The van der Waals surface area contributed by atoms with Crippen molar-refractivity contribution in [2.24, 2.45) is 0 Å². The molecule has 2 heteroatoms. The smallest absolute Gasteiger partial charge is 0.103 e. The molecule has 0 heterocycles. The summed E-state index contributed by atoms with van der Waals surface area (Å²) in [5, 5.41) is 10.3. The van der Waals surface area contributed by atoms with Crippen LogP contribution >= 0.6 is 0 Å². The Morgan fingerprint density at radius 3 is 2.47 bits per heavy atom. The van der Waals surface area contributed by atoms with E-state index in [-0.39, 0.29) is 0 Å². The van der Waals surface area contributed by atoms with Crippen LogP contribution < -0.4 is 0 Å². The SMILES string of the molecule is Cc1ccc(C(O)COC2CCCCCC2)c(C)c1. The van der Waals surface area contributed by atoms with Gasteiger partial charge in [-0.25, -0.2) is 0 Å². The van der Waals surface area contributed by atoms with Crippen molar-refractivity contribution < 1.29 is 9.84 Å². The van der Waals surface area contributed by atoms with E-state index < -0.39 is 6.10 Å². The van der Waals surface area contributed by atoms with Gasteiger partial charge < -0.3 is 9.84 Å². The van der Waals surface area contributed by atoms with Gasteiger partial charge in [-0.05, 0) is 37.8 Å². The minimum absolute atomic E-state index is 0.350. The molecule has 0 bridgehead atoms. The molecule has 0 aliphatic heterocycles. The molecule has 1 aromatic carbocycles. The van der Waals surface area contributed by atoms with E-state index in [1.165, 1.54) is 31.2 Å². The van der Waals surface area contributed by atoms with Crippen molar-refractivity contribution in [1.82, 2.24) is 0 Å². The molecule has 0 aromatic heterocycles. The van der Waals surface area contributed by atoms with Crippen molar-refractivity contribution in [3.05, 3.63) is 34.9 Å². The van der Waals surface area contributed by atoms with Crippen molar-refractivity contribution in [3.8, 4) is 0 Å². The van der Waals surface area contributed by atoms with Crippen LogP contribution in [0.3, 0.4) is 0 Å². The second-order valence-corrected chi connectivity index (χ2v) is 5.82. The number of rotatable bonds is 4. The van der Waals surface area contributed by atoms with E-state index in [9.17, 15) is 5.11 Å². The third-order valence-electron chi connectivity index (χ3n) is 4.08. The maximum absolute atomic E-state index is 10.3. The average molecular weight is 262 g/mol. The van der Waals surface area contributed by atoms with E-state index in [0.29, 0.717) is 12.7 Å². The van der Waals surface area contributed by atoms with Gasteiger partial charge in [0.15, 0.2) is 0 Å². The van der Waals surface area contributed by atoms with Gasteiger partial charge in [-0.15, -0.1) is 0 Å². The molecule has 19 heavy (non-hydrogen) atoms. The summed E-state index contributed by atoms with van der Waals surface area (Å²) in [6.07, 6.45) is 7.36. The fourth-order valence-electron chi connectivity index (χ4n) is 2.93. The maximum atomic E-state index is 10.3. The molecule has 0 radical (unpaired) electrons. The van der Waals surface area contributed by atoms with E-state index in [0.717, 1.165) is 24.0 Å². The second kappa shape index (κ2) is 7.06. The number of aliphatic hydroxyl groups excluding tert-OH is 1. The molecule has 106 valence electrons. The highest BCUT2D eigenvalue weighted by molar-refractivity contribution is 5.31. The van der Waals surface area contributed by atoms with E-state index in [4.69, 9.17) is 4.74 Å². The first-order chi connectivity index (χ1) is 9.16. The molecule has 1 saturated carbocycles. The summed E-state index contributed by atoms with van der Waals surface area (Å²) < 4.78 is 5.91. The molecule has 1 aliphatic rings. The normalized spacial score (nSPS) is 19.1. The zero-order chi connectivity index (χ0) is 13.7. The monoisotopic (exact) mass is 262 g/mol. The minimum Gasteiger partial charge on any atom is -0.386 e. The number of benzene rings is 1. The predicted octanol–water partition coefficient (Wildman–Crippen LogP) is 4.08. The zero-order valence-corrected chi connectivity index (χ0v) is 12.2. The fraction of sp³-hybridized carbons (Fsp3) is 0.647. The largest absolute Gasteiger partial charge is 0.386 e. The molecular formula is C17H26O2. The molecule has 1 fully saturated rings. The highest BCUT2D eigenvalue weighted by Crippen LogP contribution is 2.23. The van der Waals surface area contributed by atoms with Gasteiger partial charge in [0.2, 0.25) is 0 Å². The Morgan fingerprint density at radius 1 is 1.16 bits per heavy atom. The van der Waals surface area contributed by atoms with Gasteiger partial charge in [-0.1, -0.05) is 49.4 Å². The first-order valence-electron chi connectivity index (χ1n) is 7.53. The van der Waals surface area contributed by atoms with Crippen molar-refractivity contribution in [1.29, 1.82) is 0 Å². The molecule has 1 aromatic rings. The van der Waals surface area contributed by atoms with Crippen LogP contribution in [0.4, 0.5) is 0 Å². The summed E-state index contributed by atoms with van der Waals surface area (Å²) >= 11 is 0. The highest BCUT2D eigenvalue weighted by atomic mass is 16.5. The maximum Gasteiger partial charge on any atom is 0.103 e. The van der Waals surface area contributed by atoms with Gasteiger partial charge in [-0.2, -0.15) is 0 Å². The van der Waals surface area contributed by atoms with Crippen LogP contribution in [0.2, 0.25) is 0 Å². The van der Waals surface area contributed by atoms with Crippen molar-refractivity contribution >= 4 is 0 Å². The number of hydrogen-bond acceptors (Lipinski definition) is 2. The predicted molar refractivity (Wildman–Crippen MR) is 78.3 cm³/mol. The number of ether oxygens (including phenoxy) is 1. The topological polar surface area (TPSA) is 29.5 Å². The Labute approximate surface area is 116 Å². The molecule has 1 atom stereocenters. The van der Waals surface area contributed by atoms with Gasteiger partial charge in [0, 0.05) is 0 Å². The molecule has 0 saturated heterocycles. The summed E-state index contributed by atoms with van der Waals surface area (Å²) in [7, 11) is 0. The van der Waals surface area contributed by atoms with Crippen LogP contribution in [-0.4, -0.2) is 17.8 Å². The lowest BCUT2D eigenvalue weighted by atomic mass is 10.0. The summed E-state index contributed by atoms with van der Waals surface area (Å²) in [5.74, 6) is 0. The number of hydrogen-bond donors (Lipinski definition) is 1. The lowest BCUT2D eigenvalue weighted by molar-refractivity contribution is -0.0161. The first kappa shape index (κ1) is 14.5. The zero-order valence-electron chi connectivity index (χ0n) is 12.2. The number of aliphatic hydroxyl groups is 1. The van der Waals surface area contributed by atoms with Gasteiger partial charge in [0.1, 0.15) is 6.10 Å². The molecule has 2 nitrogen and oxygen atoms in total. The summed E-state index contributed by atoms with van der Waals surface area (Å²) in [6.45, 7) is 4.55. The van der Waals surface area contributed by atoms with Crippen molar-refractivity contribution in [2.45, 2.75) is 64.6 Å². The van der Waals surface area contributed by atoms with Gasteiger partial charge in [0.05, 0.1) is 12.7 Å².